The smallest absolute Gasteiger partial charge is 0.368 e. The Balaban J connectivity index is 2.09. The maximum Gasteiger partial charge on any atom is 0.368 e. The van der Waals surface area contributed by atoms with E-state index in [0.29, 0.717) is 6.54 Å². The largest absolute Gasteiger partial charge is 0.464 e. The number of rotatable bonds is 3. The lowest BCUT2D eigenvalue weighted by atomic mass is 9.81. The van der Waals surface area contributed by atoms with Crippen molar-refractivity contribution in [1.29, 1.82) is 0 Å². The first-order valence-electron chi connectivity index (χ1n) is 7.28. The van der Waals surface area contributed by atoms with Gasteiger partial charge in [-0.3, -0.25) is 14.5 Å². The fourth-order valence-electron chi connectivity index (χ4n) is 3.79. The number of hydrogen-bond donors (Lipinski definition) is 1. The molecule has 2 fully saturated rings. The van der Waals surface area contributed by atoms with E-state index in [0.717, 1.165) is 4.88 Å². The zero-order chi connectivity index (χ0) is 16.1. The highest BCUT2D eigenvalue weighted by Gasteiger charge is 2.70. The van der Waals surface area contributed by atoms with Crippen molar-refractivity contribution in [2.24, 2.45) is 11.8 Å². The lowest BCUT2D eigenvalue weighted by Crippen LogP contribution is -2.97. The Bertz CT molecular complexity index is 629. The van der Waals surface area contributed by atoms with E-state index in [4.69, 9.17) is 4.74 Å². The molecule has 4 atom stereocenters. The molecule has 2 amide bonds. The van der Waals surface area contributed by atoms with Gasteiger partial charge in [-0.05, 0) is 18.4 Å². The Morgan fingerprint density at radius 2 is 2.18 bits per heavy atom. The van der Waals surface area contributed by atoms with E-state index in [1.807, 2.05) is 22.8 Å². The van der Waals surface area contributed by atoms with Crippen molar-refractivity contribution in [3.63, 3.8) is 0 Å². The third-order valence-electron chi connectivity index (χ3n) is 4.81. The number of imide groups is 1. The highest BCUT2D eigenvalue weighted by atomic mass is 32.1. The molecule has 22 heavy (non-hydrogen) atoms. The van der Waals surface area contributed by atoms with Crippen LogP contribution in [0.2, 0.25) is 0 Å². The maximum absolute atomic E-state index is 12.7. The van der Waals surface area contributed by atoms with Crippen LogP contribution in [-0.2, 0) is 19.1 Å². The molecule has 0 bridgehead atoms. The van der Waals surface area contributed by atoms with E-state index in [2.05, 4.69) is 0 Å². The van der Waals surface area contributed by atoms with E-state index < -0.39 is 23.3 Å². The number of carbonyl (C=O) groups is 3. The van der Waals surface area contributed by atoms with Gasteiger partial charge >= 0.3 is 5.97 Å². The second-order valence-corrected chi connectivity index (χ2v) is 6.89. The first-order chi connectivity index (χ1) is 10.5. The highest BCUT2D eigenvalue weighted by Crippen LogP contribution is 2.45. The molecule has 1 aromatic rings. The molecule has 0 unspecified atom stereocenters. The van der Waals surface area contributed by atoms with Crippen LogP contribution in [0.5, 0.6) is 0 Å². The molecule has 0 radical (unpaired) electrons. The molecule has 118 valence electrons. The van der Waals surface area contributed by atoms with Crippen LogP contribution in [0.25, 0.3) is 0 Å². The van der Waals surface area contributed by atoms with E-state index in [1.54, 1.807) is 13.8 Å². The van der Waals surface area contributed by atoms with Gasteiger partial charge in [0.1, 0.15) is 17.9 Å². The monoisotopic (exact) mass is 323 g/mol. The first-order valence-corrected chi connectivity index (χ1v) is 8.16. The number of hydrogen-bond acceptors (Lipinski definition) is 5. The van der Waals surface area contributed by atoms with Crippen LogP contribution in [0.4, 0.5) is 0 Å². The number of nitrogens with two attached hydrogens (primary N) is 1. The summed E-state index contributed by atoms with van der Waals surface area (Å²) < 4.78 is 4.91. The third kappa shape index (κ3) is 1.85. The SMILES string of the molecule is CCN1C(=O)[C@H]2[C@@H](c3cccs3)[NH2+][C@@](C)(C(=O)OC)[C@@H]2C1=O. The molecular formula is C15H19N2O4S+. The Labute approximate surface area is 132 Å². The number of ether oxygens (including phenoxy) is 1. The minimum Gasteiger partial charge on any atom is -0.464 e. The van der Waals surface area contributed by atoms with Gasteiger partial charge in [0.2, 0.25) is 17.4 Å². The molecule has 6 nitrogen and oxygen atoms in total. The maximum atomic E-state index is 12.7. The van der Waals surface area contributed by atoms with E-state index in [9.17, 15) is 14.4 Å². The number of esters is 1. The van der Waals surface area contributed by atoms with E-state index >= 15 is 0 Å². The standard InChI is InChI=1S/C15H18N2O4S/c1-4-17-12(18)9-10(13(17)19)15(2,14(20)21-3)16-11(9)8-6-5-7-22-8/h5-7,9-11,16H,4H2,1-3H3/p+1/t9-,10+,11-,15-/m1/s1. The van der Waals surface area contributed by atoms with Crippen LogP contribution in [0.15, 0.2) is 17.5 Å². The number of amides is 2. The average Bonchev–Trinajstić information content (AvgIpc) is 3.17. The van der Waals surface area contributed by atoms with Gasteiger partial charge in [0.25, 0.3) is 0 Å². The zero-order valence-electron chi connectivity index (χ0n) is 12.7. The number of quaternary nitrogens is 1. The summed E-state index contributed by atoms with van der Waals surface area (Å²) in [6.07, 6.45) is 0. The normalized spacial score (nSPS) is 34.1. The zero-order valence-corrected chi connectivity index (χ0v) is 13.6. The summed E-state index contributed by atoms with van der Waals surface area (Å²) in [4.78, 5) is 39.9. The summed E-state index contributed by atoms with van der Waals surface area (Å²) in [5, 5.41) is 3.77. The van der Waals surface area contributed by atoms with Crippen LogP contribution < -0.4 is 5.32 Å². The van der Waals surface area contributed by atoms with Crippen LogP contribution >= 0.6 is 11.3 Å². The van der Waals surface area contributed by atoms with Gasteiger partial charge in [0.15, 0.2) is 0 Å². The highest BCUT2D eigenvalue weighted by molar-refractivity contribution is 7.10. The number of likely N-dealkylation sites (tertiary alicyclic amines) is 1. The number of methoxy groups -OCH3 is 1. The van der Waals surface area contributed by atoms with Gasteiger partial charge in [-0.1, -0.05) is 6.07 Å². The lowest BCUT2D eigenvalue weighted by Gasteiger charge is -2.25. The Kier molecular flexibility index (Phi) is 3.57. The summed E-state index contributed by atoms with van der Waals surface area (Å²) in [7, 11) is 1.31. The van der Waals surface area contributed by atoms with Gasteiger partial charge in [-0.15, -0.1) is 11.3 Å². The van der Waals surface area contributed by atoms with E-state index in [1.165, 1.54) is 23.3 Å². The topological polar surface area (TPSA) is 80.3 Å². The number of fused-ring (bicyclic) bond motifs is 1. The number of thiophene rings is 1. The lowest BCUT2D eigenvalue weighted by molar-refractivity contribution is -0.730. The Morgan fingerprint density at radius 1 is 1.45 bits per heavy atom. The summed E-state index contributed by atoms with van der Waals surface area (Å²) in [5.41, 5.74) is -1.06. The fraction of sp³-hybridized carbons (Fsp3) is 0.533. The summed E-state index contributed by atoms with van der Waals surface area (Å²) in [5.74, 6) is -2.07. The van der Waals surface area contributed by atoms with Gasteiger partial charge in [0, 0.05) is 13.5 Å². The predicted octanol–water partition coefficient (Wildman–Crippen LogP) is -0.0810. The van der Waals surface area contributed by atoms with Gasteiger partial charge in [-0.25, -0.2) is 4.79 Å². The predicted molar refractivity (Wildman–Crippen MR) is 78.8 cm³/mol. The molecule has 0 aromatic carbocycles. The van der Waals surface area contributed by atoms with Gasteiger partial charge < -0.3 is 10.1 Å². The van der Waals surface area contributed by atoms with Crippen molar-refractivity contribution >= 4 is 29.1 Å². The van der Waals surface area contributed by atoms with Crippen LogP contribution in [-0.4, -0.2) is 41.9 Å². The average molecular weight is 323 g/mol. The van der Waals surface area contributed by atoms with Crippen molar-refractivity contribution in [2.45, 2.75) is 25.4 Å². The quantitative estimate of drug-likeness (QED) is 0.623. The van der Waals surface area contributed by atoms with Crippen molar-refractivity contribution in [3.05, 3.63) is 22.4 Å². The molecule has 0 spiro atoms. The second kappa shape index (κ2) is 5.17. The minimum absolute atomic E-state index is 0.181. The number of carbonyl (C=O) groups excluding carboxylic acids is 3. The number of nitrogens with zero attached hydrogens (tertiary/aromatic N) is 1. The Hall–Kier alpha value is -1.73. The molecule has 2 aliphatic heterocycles. The van der Waals surface area contributed by atoms with Gasteiger partial charge in [-0.2, -0.15) is 0 Å². The minimum atomic E-state index is -1.06. The molecule has 2 saturated heterocycles. The van der Waals surface area contributed by atoms with Gasteiger partial charge in [0.05, 0.1) is 12.0 Å². The second-order valence-electron chi connectivity index (χ2n) is 5.91. The molecule has 1 aromatic heterocycles. The third-order valence-corrected chi connectivity index (χ3v) is 5.79. The molecule has 0 aliphatic carbocycles. The van der Waals surface area contributed by atoms with Crippen molar-refractivity contribution in [1.82, 2.24) is 4.90 Å². The van der Waals surface area contributed by atoms with Crippen LogP contribution in [0.3, 0.4) is 0 Å². The van der Waals surface area contributed by atoms with Crippen LogP contribution in [0.1, 0.15) is 24.8 Å². The van der Waals surface area contributed by atoms with Crippen molar-refractivity contribution in [3.8, 4) is 0 Å². The van der Waals surface area contributed by atoms with Crippen molar-refractivity contribution < 1.29 is 24.4 Å². The molecule has 3 heterocycles. The molecule has 2 aliphatic rings. The van der Waals surface area contributed by atoms with E-state index in [-0.39, 0.29) is 17.9 Å². The molecular weight excluding hydrogens is 304 g/mol. The van der Waals surface area contributed by atoms with Crippen LogP contribution in [0, 0.1) is 11.8 Å². The molecule has 7 heteroatoms. The summed E-state index contributed by atoms with van der Waals surface area (Å²) in [6, 6.07) is 3.63. The molecule has 3 rings (SSSR count). The summed E-state index contributed by atoms with van der Waals surface area (Å²) >= 11 is 1.54. The fourth-order valence-corrected chi connectivity index (χ4v) is 4.63. The first kappa shape index (κ1) is 15.2. The molecule has 2 N–H and O–H groups in total. The van der Waals surface area contributed by atoms with Crippen molar-refractivity contribution in [2.75, 3.05) is 13.7 Å². The summed E-state index contributed by atoms with van der Waals surface area (Å²) in [6.45, 7) is 3.81. The molecule has 0 saturated carbocycles. The Morgan fingerprint density at radius 3 is 2.73 bits per heavy atom.